The van der Waals surface area contributed by atoms with Crippen LogP contribution in [0.25, 0.3) is 0 Å². The Labute approximate surface area is 61.2 Å². The number of aldehydes is 1. The molecule has 0 spiro atoms. The molecule has 0 aliphatic heterocycles. The monoisotopic (exact) mass is 145 g/mol. The smallest absolute Gasteiger partial charge is 0.150 e. The van der Waals surface area contributed by atoms with E-state index in [1.165, 1.54) is 0 Å². The van der Waals surface area contributed by atoms with E-state index in [2.05, 4.69) is 0 Å². The van der Waals surface area contributed by atoms with Crippen LogP contribution in [0, 0.1) is 5.92 Å². The van der Waals surface area contributed by atoms with E-state index in [9.17, 15) is 4.79 Å². The maximum absolute atomic E-state index is 10.00. The Kier molecular flexibility index (Phi) is 4.23. The van der Waals surface area contributed by atoms with Crippen LogP contribution in [0.1, 0.15) is 20.3 Å². The number of hydrogen-bond donors (Lipinski definition) is 2. The van der Waals surface area contributed by atoms with Crippen molar-refractivity contribution in [2.75, 3.05) is 0 Å². The first kappa shape index (κ1) is 9.59. The predicted molar refractivity (Wildman–Crippen MR) is 39.5 cm³/mol. The van der Waals surface area contributed by atoms with Gasteiger partial charge in [0, 0.05) is 6.04 Å². The van der Waals surface area contributed by atoms with Gasteiger partial charge >= 0.3 is 0 Å². The van der Waals surface area contributed by atoms with Crippen LogP contribution in [0.3, 0.4) is 0 Å². The van der Waals surface area contributed by atoms with Gasteiger partial charge in [-0.15, -0.1) is 0 Å². The highest BCUT2D eigenvalue weighted by Gasteiger charge is 2.14. The summed E-state index contributed by atoms with van der Waals surface area (Å²) in [6.45, 7) is 3.99. The lowest BCUT2D eigenvalue weighted by atomic mass is 10.0. The van der Waals surface area contributed by atoms with E-state index in [-0.39, 0.29) is 0 Å². The van der Waals surface area contributed by atoms with Gasteiger partial charge in [-0.25, -0.2) is 0 Å². The van der Waals surface area contributed by atoms with Gasteiger partial charge in [0.15, 0.2) is 0 Å². The summed E-state index contributed by atoms with van der Waals surface area (Å²) in [6, 6.07) is -0.405. The van der Waals surface area contributed by atoms with Crippen LogP contribution >= 0.6 is 0 Å². The summed E-state index contributed by atoms with van der Waals surface area (Å²) in [4.78, 5) is 10.00. The number of carbonyl (C=O) groups excluding carboxylic acids is 1. The van der Waals surface area contributed by atoms with Crippen molar-refractivity contribution in [2.24, 2.45) is 11.7 Å². The van der Waals surface area contributed by atoms with Gasteiger partial charge in [0.25, 0.3) is 0 Å². The molecule has 0 aromatic rings. The fraction of sp³-hybridized carbons (Fsp3) is 0.857. The van der Waals surface area contributed by atoms with Gasteiger partial charge in [0.05, 0.1) is 0 Å². The first-order valence-corrected chi connectivity index (χ1v) is 3.47. The summed E-state index contributed by atoms with van der Waals surface area (Å²) < 4.78 is 0. The molecular weight excluding hydrogens is 130 g/mol. The lowest BCUT2D eigenvalue weighted by molar-refractivity contribution is -0.115. The Morgan fingerprint density at radius 2 is 2.10 bits per heavy atom. The van der Waals surface area contributed by atoms with Gasteiger partial charge in [-0.2, -0.15) is 0 Å². The Balaban J connectivity index is 3.60. The van der Waals surface area contributed by atoms with Crippen LogP contribution in [0.15, 0.2) is 0 Å². The molecule has 0 aromatic carbocycles. The Bertz CT molecular complexity index is 104. The van der Waals surface area contributed by atoms with E-state index in [0.29, 0.717) is 18.6 Å². The zero-order valence-corrected chi connectivity index (χ0v) is 6.45. The van der Waals surface area contributed by atoms with Crippen LogP contribution in [0.2, 0.25) is 0 Å². The molecule has 0 aliphatic rings. The topological polar surface area (TPSA) is 63.3 Å². The molecule has 2 atom stereocenters. The number of aliphatic hydroxyl groups is 1. The van der Waals surface area contributed by atoms with Crippen molar-refractivity contribution < 1.29 is 9.90 Å². The second-order valence-corrected chi connectivity index (χ2v) is 2.92. The Hall–Kier alpha value is -0.410. The lowest BCUT2D eigenvalue weighted by Crippen LogP contribution is -2.36. The van der Waals surface area contributed by atoms with Crippen molar-refractivity contribution in [3.05, 3.63) is 0 Å². The van der Waals surface area contributed by atoms with Crippen LogP contribution in [0.5, 0.6) is 0 Å². The van der Waals surface area contributed by atoms with E-state index < -0.39 is 12.1 Å². The highest BCUT2D eigenvalue weighted by molar-refractivity contribution is 5.56. The summed E-state index contributed by atoms with van der Waals surface area (Å²) in [6.07, 6.45) is 0.162. The van der Waals surface area contributed by atoms with Crippen molar-refractivity contribution in [1.82, 2.24) is 0 Å². The van der Waals surface area contributed by atoms with Crippen molar-refractivity contribution in [1.29, 1.82) is 0 Å². The lowest BCUT2D eigenvalue weighted by Gasteiger charge is -2.15. The zero-order chi connectivity index (χ0) is 8.15. The average molecular weight is 145 g/mol. The second-order valence-electron chi connectivity index (χ2n) is 2.92. The number of aliphatic hydroxyl groups excluding tert-OH is 1. The van der Waals surface area contributed by atoms with Crippen molar-refractivity contribution in [3.8, 4) is 0 Å². The quantitative estimate of drug-likeness (QED) is 0.544. The molecule has 0 rings (SSSR count). The van der Waals surface area contributed by atoms with Gasteiger partial charge in [0.1, 0.15) is 12.4 Å². The number of rotatable bonds is 4. The van der Waals surface area contributed by atoms with Crippen LogP contribution in [0.4, 0.5) is 0 Å². The van der Waals surface area contributed by atoms with Crippen molar-refractivity contribution >= 4 is 6.29 Å². The van der Waals surface area contributed by atoms with Gasteiger partial charge in [0.2, 0.25) is 0 Å². The largest absolute Gasteiger partial charge is 0.384 e. The molecule has 0 aliphatic carbocycles. The molecule has 60 valence electrons. The Morgan fingerprint density at radius 3 is 2.40 bits per heavy atom. The minimum atomic E-state index is -0.998. The SMILES string of the molecule is CC(C)C[C@H](N)C(O)C=O. The number of hydrogen-bond acceptors (Lipinski definition) is 3. The first-order chi connectivity index (χ1) is 4.57. The first-order valence-electron chi connectivity index (χ1n) is 3.47. The van der Waals surface area contributed by atoms with Crippen LogP contribution in [-0.2, 0) is 4.79 Å². The highest BCUT2D eigenvalue weighted by Crippen LogP contribution is 2.04. The molecular formula is C7H15NO2. The summed E-state index contributed by atoms with van der Waals surface area (Å²) in [5.74, 6) is 0.421. The molecule has 0 saturated heterocycles. The molecule has 0 radical (unpaired) electrons. The zero-order valence-electron chi connectivity index (χ0n) is 6.45. The molecule has 10 heavy (non-hydrogen) atoms. The number of carbonyl (C=O) groups is 1. The van der Waals surface area contributed by atoms with Crippen LogP contribution < -0.4 is 5.73 Å². The van der Waals surface area contributed by atoms with Gasteiger partial charge < -0.3 is 15.6 Å². The van der Waals surface area contributed by atoms with E-state index in [0.717, 1.165) is 0 Å². The van der Waals surface area contributed by atoms with Crippen molar-refractivity contribution in [2.45, 2.75) is 32.4 Å². The predicted octanol–water partition coefficient (Wildman–Crippen LogP) is -0.0804. The van der Waals surface area contributed by atoms with Gasteiger partial charge in [-0.05, 0) is 12.3 Å². The summed E-state index contributed by atoms with van der Waals surface area (Å²) in [5, 5.41) is 8.88. The van der Waals surface area contributed by atoms with E-state index in [1.54, 1.807) is 0 Å². The van der Waals surface area contributed by atoms with Gasteiger partial charge in [-0.3, -0.25) is 0 Å². The molecule has 0 fully saturated rings. The maximum atomic E-state index is 10.00. The molecule has 3 nitrogen and oxygen atoms in total. The molecule has 0 saturated carbocycles. The molecule has 0 amide bonds. The second kappa shape index (κ2) is 4.41. The van der Waals surface area contributed by atoms with E-state index in [1.807, 2.05) is 13.8 Å². The molecule has 3 N–H and O–H groups in total. The molecule has 0 heterocycles. The molecule has 0 bridgehead atoms. The molecule has 1 unspecified atom stereocenters. The highest BCUT2D eigenvalue weighted by atomic mass is 16.3. The minimum absolute atomic E-state index is 0.405. The third-order valence-electron chi connectivity index (χ3n) is 1.32. The third-order valence-corrected chi connectivity index (χ3v) is 1.32. The third kappa shape index (κ3) is 3.58. The van der Waals surface area contributed by atoms with Gasteiger partial charge in [-0.1, -0.05) is 13.8 Å². The minimum Gasteiger partial charge on any atom is -0.384 e. The molecule has 0 aromatic heterocycles. The summed E-state index contributed by atoms with van der Waals surface area (Å²) in [5.41, 5.74) is 5.45. The average Bonchev–Trinajstić information content (AvgIpc) is 1.85. The fourth-order valence-corrected chi connectivity index (χ4v) is 0.785. The fourth-order valence-electron chi connectivity index (χ4n) is 0.785. The maximum Gasteiger partial charge on any atom is 0.150 e. The summed E-state index contributed by atoms with van der Waals surface area (Å²) in [7, 11) is 0. The summed E-state index contributed by atoms with van der Waals surface area (Å²) >= 11 is 0. The number of nitrogens with two attached hydrogens (primary N) is 1. The molecule has 3 heteroatoms. The van der Waals surface area contributed by atoms with Crippen LogP contribution in [-0.4, -0.2) is 23.5 Å². The normalized spacial score (nSPS) is 16.9. The van der Waals surface area contributed by atoms with E-state index in [4.69, 9.17) is 10.8 Å². The Morgan fingerprint density at radius 1 is 1.60 bits per heavy atom. The standard InChI is InChI=1S/C7H15NO2/c1-5(2)3-6(8)7(10)4-9/h4-7,10H,3,8H2,1-2H3/t6-,7?/m0/s1. The van der Waals surface area contributed by atoms with Crippen molar-refractivity contribution in [3.63, 3.8) is 0 Å². The van der Waals surface area contributed by atoms with E-state index >= 15 is 0 Å².